The molecule has 0 aliphatic carbocycles. The van der Waals surface area contributed by atoms with E-state index >= 15 is 0 Å². The first-order chi connectivity index (χ1) is 15.3. The Kier molecular flexibility index (Phi) is 7.58. The Balaban J connectivity index is 1.87. The summed E-state index contributed by atoms with van der Waals surface area (Å²) in [6, 6.07) is 13.6. The highest BCUT2D eigenvalue weighted by atomic mass is 79.9. The molecular formula is C24H23BrN2O5. The van der Waals surface area contributed by atoms with Crippen molar-refractivity contribution in [3.63, 3.8) is 0 Å². The number of esters is 1. The number of carboxylic acids is 1. The van der Waals surface area contributed by atoms with E-state index in [0.29, 0.717) is 28.9 Å². The monoisotopic (exact) mass is 498 g/mol. The zero-order valence-corrected chi connectivity index (χ0v) is 19.3. The third-order valence-electron chi connectivity index (χ3n) is 5.09. The number of benzene rings is 2. The molecule has 2 aromatic rings. The Morgan fingerprint density at radius 2 is 1.81 bits per heavy atom. The zero-order valence-electron chi connectivity index (χ0n) is 17.7. The van der Waals surface area contributed by atoms with Crippen LogP contribution in [0, 0.1) is 5.92 Å². The Bertz CT molecular complexity index is 1070. The summed E-state index contributed by atoms with van der Waals surface area (Å²) in [6.45, 7) is 1.99. The van der Waals surface area contributed by atoms with E-state index in [1.165, 1.54) is 18.2 Å². The summed E-state index contributed by atoms with van der Waals surface area (Å²) in [5.41, 5.74) is 2.38. The van der Waals surface area contributed by atoms with Gasteiger partial charge in [-0.15, -0.1) is 0 Å². The van der Waals surface area contributed by atoms with E-state index in [1.807, 2.05) is 19.1 Å². The topological polar surface area (TPSA) is 96.3 Å². The van der Waals surface area contributed by atoms with E-state index in [4.69, 9.17) is 0 Å². The van der Waals surface area contributed by atoms with E-state index in [2.05, 4.69) is 25.8 Å². The van der Waals surface area contributed by atoms with Crippen LogP contribution in [0.2, 0.25) is 0 Å². The van der Waals surface area contributed by atoms with Gasteiger partial charge in [0.05, 0.1) is 30.0 Å². The summed E-state index contributed by atoms with van der Waals surface area (Å²) >= 11 is 3.38. The maximum absolute atomic E-state index is 13.2. The average molecular weight is 499 g/mol. The number of hydrogen-bond donors (Lipinski definition) is 1. The Morgan fingerprint density at radius 1 is 1.16 bits per heavy atom. The molecule has 1 unspecified atom stereocenters. The lowest BCUT2D eigenvalue weighted by molar-refractivity contribution is -0.132. The van der Waals surface area contributed by atoms with Crippen molar-refractivity contribution in [2.75, 3.05) is 12.1 Å². The summed E-state index contributed by atoms with van der Waals surface area (Å²) < 4.78 is 5.56. The van der Waals surface area contributed by atoms with Crippen LogP contribution >= 0.6 is 15.9 Å². The van der Waals surface area contributed by atoms with Gasteiger partial charge >= 0.3 is 11.9 Å². The number of hydrogen-bond acceptors (Lipinski definition) is 5. The summed E-state index contributed by atoms with van der Waals surface area (Å²) in [5.74, 6) is -2.46. The summed E-state index contributed by atoms with van der Waals surface area (Å²) in [6.07, 6.45) is 2.93. The second-order valence-corrected chi connectivity index (χ2v) is 8.23. The van der Waals surface area contributed by atoms with Gasteiger partial charge < -0.3 is 9.84 Å². The quantitative estimate of drug-likeness (QED) is 0.411. The number of amides is 1. The van der Waals surface area contributed by atoms with Gasteiger partial charge in [-0.3, -0.25) is 4.79 Å². The highest BCUT2D eigenvalue weighted by molar-refractivity contribution is 9.10. The molecule has 0 fully saturated rings. The summed E-state index contributed by atoms with van der Waals surface area (Å²) in [7, 11) is 1.30. The zero-order chi connectivity index (χ0) is 23.3. The van der Waals surface area contributed by atoms with Crippen molar-refractivity contribution in [2.45, 2.75) is 26.2 Å². The number of carbonyl (C=O) groups excluding carboxylic acids is 2. The third kappa shape index (κ3) is 5.31. The van der Waals surface area contributed by atoms with Gasteiger partial charge in [-0.25, -0.2) is 14.6 Å². The SMILES string of the molecule is CCCC1=NN(c2ccc(Br)cc2)C(=O)C1C/C(=C/c1ccc(C(=O)OC)cc1)C(=O)O. The molecular weight excluding hydrogens is 476 g/mol. The highest BCUT2D eigenvalue weighted by Gasteiger charge is 2.37. The van der Waals surface area contributed by atoms with Gasteiger partial charge in [0, 0.05) is 10.0 Å². The molecule has 1 heterocycles. The number of aliphatic carboxylic acids is 1. The molecule has 1 atom stereocenters. The molecule has 0 spiro atoms. The largest absolute Gasteiger partial charge is 0.478 e. The number of ether oxygens (including phenoxy) is 1. The van der Waals surface area contributed by atoms with Gasteiger partial charge in [0.15, 0.2) is 0 Å². The first-order valence-corrected chi connectivity index (χ1v) is 10.9. The van der Waals surface area contributed by atoms with E-state index in [0.717, 1.165) is 10.9 Å². The van der Waals surface area contributed by atoms with Crippen molar-refractivity contribution in [1.82, 2.24) is 0 Å². The first-order valence-electron chi connectivity index (χ1n) is 10.1. The second kappa shape index (κ2) is 10.4. The first kappa shape index (κ1) is 23.4. The molecule has 0 aromatic heterocycles. The van der Waals surface area contributed by atoms with E-state index in [-0.39, 0.29) is 17.9 Å². The van der Waals surface area contributed by atoms with Gasteiger partial charge in [0.25, 0.3) is 5.91 Å². The third-order valence-corrected chi connectivity index (χ3v) is 5.61. The minimum atomic E-state index is -1.10. The highest BCUT2D eigenvalue weighted by Crippen LogP contribution is 2.31. The van der Waals surface area contributed by atoms with Crippen molar-refractivity contribution in [3.8, 4) is 0 Å². The molecule has 166 valence electrons. The van der Waals surface area contributed by atoms with Crippen LogP contribution < -0.4 is 5.01 Å². The predicted molar refractivity (Wildman–Crippen MR) is 125 cm³/mol. The Hall–Kier alpha value is -3.26. The molecule has 3 rings (SSSR count). The van der Waals surface area contributed by atoms with Crippen molar-refractivity contribution >= 4 is 51.3 Å². The molecule has 1 aliphatic rings. The lowest BCUT2D eigenvalue weighted by Gasteiger charge is -2.15. The lowest BCUT2D eigenvalue weighted by Crippen LogP contribution is -2.28. The number of hydrazone groups is 1. The number of anilines is 1. The minimum absolute atomic E-state index is 0.0266. The summed E-state index contributed by atoms with van der Waals surface area (Å²) in [4.78, 5) is 36.7. The molecule has 0 radical (unpaired) electrons. The van der Waals surface area contributed by atoms with Crippen molar-refractivity contribution in [2.24, 2.45) is 11.0 Å². The van der Waals surface area contributed by atoms with Crippen molar-refractivity contribution < 1.29 is 24.2 Å². The molecule has 0 saturated heterocycles. The molecule has 1 amide bonds. The number of rotatable bonds is 8. The normalized spacial score (nSPS) is 16.2. The van der Waals surface area contributed by atoms with Gasteiger partial charge in [0.1, 0.15) is 0 Å². The van der Waals surface area contributed by atoms with Crippen LogP contribution in [0.15, 0.2) is 63.7 Å². The Morgan fingerprint density at radius 3 is 2.38 bits per heavy atom. The molecule has 1 N–H and O–H groups in total. The second-order valence-electron chi connectivity index (χ2n) is 7.31. The number of halogens is 1. The molecule has 8 heteroatoms. The van der Waals surface area contributed by atoms with Gasteiger partial charge in [-0.1, -0.05) is 41.4 Å². The van der Waals surface area contributed by atoms with E-state index in [9.17, 15) is 19.5 Å². The minimum Gasteiger partial charge on any atom is -0.478 e. The molecule has 0 saturated carbocycles. The van der Waals surface area contributed by atoms with Gasteiger partial charge in [0.2, 0.25) is 0 Å². The fourth-order valence-electron chi connectivity index (χ4n) is 3.45. The fraction of sp³-hybridized carbons (Fsp3) is 0.250. The molecule has 0 bridgehead atoms. The number of methoxy groups -OCH3 is 1. The smallest absolute Gasteiger partial charge is 0.337 e. The van der Waals surface area contributed by atoms with Gasteiger partial charge in [-0.2, -0.15) is 5.10 Å². The average Bonchev–Trinajstić information content (AvgIpc) is 3.09. The van der Waals surface area contributed by atoms with Crippen molar-refractivity contribution in [3.05, 3.63) is 69.7 Å². The number of carbonyl (C=O) groups is 3. The Labute approximate surface area is 194 Å². The fourth-order valence-corrected chi connectivity index (χ4v) is 3.72. The van der Waals surface area contributed by atoms with Crippen LogP contribution in [0.25, 0.3) is 6.08 Å². The predicted octanol–water partition coefficient (Wildman–Crippen LogP) is 4.91. The molecule has 1 aliphatic heterocycles. The molecule has 2 aromatic carbocycles. The van der Waals surface area contributed by atoms with E-state index in [1.54, 1.807) is 36.4 Å². The van der Waals surface area contributed by atoms with Crippen molar-refractivity contribution in [1.29, 1.82) is 0 Å². The molecule has 7 nitrogen and oxygen atoms in total. The van der Waals surface area contributed by atoms with Crippen LogP contribution in [0.3, 0.4) is 0 Å². The van der Waals surface area contributed by atoms with Crippen LogP contribution in [0.4, 0.5) is 5.69 Å². The lowest BCUT2D eigenvalue weighted by atomic mass is 9.91. The van der Waals surface area contributed by atoms with E-state index < -0.39 is 17.9 Å². The van der Waals surface area contributed by atoms with Crippen LogP contribution in [-0.2, 0) is 14.3 Å². The van der Waals surface area contributed by atoms with Crippen LogP contribution in [0.1, 0.15) is 42.1 Å². The maximum Gasteiger partial charge on any atom is 0.337 e. The maximum atomic E-state index is 13.2. The standard InChI is InChI=1S/C24H23BrN2O5/c1-3-4-21-20(22(28)27(26-21)19-11-9-18(25)10-12-19)14-17(23(29)30)13-15-5-7-16(8-6-15)24(31)32-2/h5-13,20H,3-4,14H2,1-2H3,(H,29,30)/b17-13-. The van der Waals surface area contributed by atoms with Crippen LogP contribution in [0.5, 0.6) is 0 Å². The summed E-state index contributed by atoms with van der Waals surface area (Å²) in [5, 5.41) is 15.6. The van der Waals surface area contributed by atoms with Crippen LogP contribution in [-0.4, -0.2) is 35.8 Å². The van der Waals surface area contributed by atoms with Gasteiger partial charge in [-0.05, 0) is 60.9 Å². The number of nitrogens with zero attached hydrogens (tertiary/aromatic N) is 2. The number of carboxylic acid groups (broad SMARTS) is 1. The molecule has 32 heavy (non-hydrogen) atoms.